The van der Waals surface area contributed by atoms with Gasteiger partial charge in [0.1, 0.15) is 0 Å². The van der Waals surface area contributed by atoms with E-state index in [4.69, 9.17) is 14.0 Å². The second-order valence-electron chi connectivity index (χ2n) is 5.55. The van der Waals surface area contributed by atoms with Crippen LogP contribution in [0.3, 0.4) is 0 Å². The van der Waals surface area contributed by atoms with Gasteiger partial charge in [-0.2, -0.15) is 0 Å². The first-order chi connectivity index (χ1) is 8.19. The second-order valence-corrected chi connectivity index (χ2v) is 5.55. The summed E-state index contributed by atoms with van der Waals surface area (Å²) in [5.74, 6) is -0.213. The maximum atomic E-state index is 11.3. The van der Waals surface area contributed by atoms with E-state index in [1.165, 1.54) is 0 Å². The van der Waals surface area contributed by atoms with Crippen molar-refractivity contribution in [3.63, 3.8) is 0 Å². The van der Waals surface area contributed by atoms with Crippen LogP contribution in [0.1, 0.15) is 47.5 Å². The molecule has 18 heavy (non-hydrogen) atoms. The Morgan fingerprint density at radius 2 is 1.67 bits per heavy atom. The molecule has 0 bridgehead atoms. The molecule has 0 aromatic carbocycles. The zero-order valence-electron chi connectivity index (χ0n) is 12.0. The molecule has 1 aliphatic rings. The molecule has 1 saturated heterocycles. The van der Waals surface area contributed by atoms with E-state index in [1.807, 2.05) is 27.7 Å². The molecule has 0 aromatic heterocycles. The van der Waals surface area contributed by atoms with Crippen molar-refractivity contribution in [3.8, 4) is 0 Å². The Kier molecular flexibility index (Phi) is 4.62. The van der Waals surface area contributed by atoms with Crippen LogP contribution in [0.2, 0.25) is 0 Å². The Bertz CT molecular complexity index is 320. The SMILES string of the molecule is C=C(CCC(=O)OCC)B1OC(C)(C)C(C)(C)O1. The molecule has 0 aliphatic carbocycles. The van der Waals surface area contributed by atoms with E-state index in [1.54, 1.807) is 6.92 Å². The minimum absolute atomic E-state index is 0.213. The monoisotopic (exact) mass is 254 g/mol. The highest BCUT2D eigenvalue weighted by Crippen LogP contribution is 2.38. The summed E-state index contributed by atoms with van der Waals surface area (Å²) in [5, 5.41) is 0. The van der Waals surface area contributed by atoms with Gasteiger partial charge in [-0.1, -0.05) is 0 Å². The Morgan fingerprint density at radius 3 is 2.11 bits per heavy atom. The summed E-state index contributed by atoms with van der Waals surface area (Å²) in [6, 6.07) is 0. The molecule has 1 rings (SSSR count). The highest BCUT2D eigenvalue weighted by atomic mass is 16.7. The van der Waals surface area contributed by atoms with Crippen LogP contribution in [0.5, 0.6) is 0 Å². The van der Waals surface area contributed by atoms with Gasteiger partial charge in [-0.05, 0) is 46.5 Å². The minimum atomic E-state index is -0.440. The van der Waals surface area contributed by atoms with E-state index in [0.29, 0.717) is 19.4 Å². The van der Waals surface area contributed by atoms with E-state index >= 15 is 0 Å². The van der Waals surface area contributed by atoms with Crippen molar-refractivity contribution >= 4 is 13.1 Å². The lowest BCUT2D eigenvalue weighted by Crippen LogP contribution is -2.41. The van der Waals surface area contributed by atoms with E-state index in [9.17, 15) is 4.79 Å². The molecule has 0 atom stereocenters. The molecule has 0 N–H and O–H groups in total. The molecule has 1 fully saturated rings. The Morgan fingerprint density at radius 1 is 1.17 bits per heavy atom. The van der Waals surface area contributed by atoms with Crippen LogP contribution in [-0.2, 0) is 18.8 Å². The molecular weight excluding hydrogens is 231 g/mol. The van der Waals surface area contributed by atoms with E-state index in [0.717, 1.165) is 5.47 Å². The van der Waals surface area contributed by atoms with Crippen molar-refractivity contribution in [1.82, 2.24) is 0 Å². The van der Waals surface area contributed by atoms with Crippen molar-refractivity contribution in [3.05, 3.63) is 12.1 Å². The van der Waals surface area contributed by atoms with Crippen LogP contribution in [0.25, 0.3) is 0 Å². The third kappa shape index (κ3) is 3.36. The molecule has 0 unspecified atom stereocenters. The Balaban J connectivity index is 2.48. The third-order valence-electron chi connectivity index (χ3n) is 3.54. The first kappa shape index (κ1) is 15.3. The van der Waals surface area contributed by atoms with Gasteiger partial charge in [0.15, 0.2) is 0 Å². The zero-order valence-corrected chi connectivity index (χ0v) is 12.0. The first-order valence-corrected chi connectivity index (χ1v) is 6.38. The summed E-state index contributed by atoms with van der Waals surface area (Å²) in [7, 11) is -0.440. The van der Waals surface area contributed by atoms with Crippen LogP contribution in [-0.4, -0.2) is 30.9 Å². The lowest BCUT2D eigenvalue weighted by Gasteiger charge is -2.32. The maximum absolute atomic E-state index is 11.3. The van der Waals surface area contributed by atoms with Gasteiger partial charge >= 0.3 is 13.1 Å². The molecule has 5 heteroatoms. The molecule has 4 nitrogen and oxygen atoms in total. The summed E-state index contributed by atoms with van der Waals surface area (Å²) >= 11 is 0. The van der Waals surface area contributed by atoms with Gasteiger partial charge in [-0.15, -0.1) is 6.58 Å². The van der Waals surface area contributed by atoms with Crippen molar-refractivity contribution in [2.75, 3.05) is 6.61 Å². The van der Waals surface area contributed by atoms with Crippen LogP contribution in [0.15, 0.2) is 12.1 Å². The maximum Gasteiger partial charge on any atom is 0.489 e. The van der Waals surface area contributed by atoms with Gasteiger partial charge in [0.05, 0.1) is 17.8 Å². The van der Waals surface area contributed by atoms with Gasteiger partial charge in [0, 0.05) is 6.42 Å². The van der Waals surface area contributed by atoms with Gasteiger partial charge in [-0.3, -0.25) is 4.79 Å². The topological polar surface area (TPSA) is 44.8 Å². The van der Waals surface area contributed by atoms with E-state index in [-0.39, 0.29) is 17.2 Å². The molecule has 1 aliphatic heterocycles. The summed E-state index contributed by atoms with van der Waals surface area (Å²) in [5.41, 5.74) is 0.0384. The van der Waals surface area contributed by atoms with Gasteiger partial charge in [-0.25, -0.2) is 0 Å². The lowest BCUT2D eigenvalue weighted by molar-refractivity contribution is -0.143. The standard InChI is InChI=1S/C13H23BO4/c1-7-16-11(15)9-8-10(2)14-17-12(3,4)13(5,6)18-14/h2,7-9H2,1,3-6H3. The van der Waals surface area contributed by atoms with Crippen LogP contribution >= 0.6 is 0 Å². The molecule has 0 radical (unpaired) electrons. The quantitative estimate of drug-likeness (QED) is 0.558. The normalized spacial score (nSPS) is 20.8. The Hall–Kier alpha value is -0.805. The fraction of sp³-hybridized carbons (Fsp3) is 0.769. The largest absolute Gasteiger partial charge is 0.489 e. The second kappa shape index (κ2) is 5.45. The lowest BCUT2D eigenvalue weighted by atomic mass is 9.77. The van der Waals surface area contributed by atoms with Crippen LogP contribution in [0, 0.1) is 0 Å². The highest BCUT2D eigenvalue weighted by Gasteiger charge is 2.51. The molecule has 0 spiro atoms. The van der Waals surface area contributed by atoms with Crippen LogP contribution in [0.4, 0.5) is 0 Å². The summed E-state index contributed by atoms with van der Waals surface area (Å²) in [4.78, 5) is 11.3. The molecule has 102 valence electrons. The smallest absolute Gasteiger partial charge is 0.466 e. The first-order valence-electron chi connectivity index (χ1n) is 6.38. The number of allylic oxidation sites excluding steroid dienone is 1. The summed E-state index contributed by atoms with van der Waals surface area (Å²) in [6.45, 7) is 14.1. The number of hydrogen-bond acceptors (Lipinski definition) is 4. The molecular formula is C13H23BO4. The van der Waals surface area contributed by atoms with Gasteiger partial charge in [0.2, 0.25) is 0 Å². The third-order valence-corrected chi connectivity index (χ3v) is 3.54. The predicted octanol–water partition coefficient (Wildman–Crippen LogP) is 2.52. The molecule has 0 saturated carbocycles. The summed E-state index contributed by atoms with van der Waals surface area (Å²) in [6.07, 6.45) is 0.840. The fourth-order valence-electron chi connectivity index (χ4n) is 1.62. The van der Waals surface area contributed by atoms with Crippen molar-refractivity contribution in [1.29, 1.82) is 0 Å². The number of ether oxygens (including phenoxy) is 1. The van der Waals surface area contributed by atoms with Crippen molar-refractivity contribution in [2.45, 2.75) is 58.7 Å². The average Bonchev–Trinajstić information content (AvgIpc) is 2.45. The van der Waals surface area contributed by atoms with Crippen molar-refractivity contribution in [2.24, 2.45) is 0 Å². The fourth-order valence-corrected chi connectivity index (χ4v) is 1.62. The van der Waals surface area contributed by atoms with Gasteiger partial charge < -0.3 is 14.0 Å². The average molecular weight is 254 g/mol. The highest BCUT2D eigenvalue weighted by molar-refractivity contribution is 6.54. The van der Waals surface area contributed by atoms with E-state index < -0.39 is 7.12 Å². The number of carbonyl (C=O) groups is 1. The number of esters is 1. The minimum Gasteiger partial charge on any atom is -0.466 e. The summed E-state index contributed by atoms with van der Waals surface area (Å²) < 4.78 is 16.6. The number of carbonyl (C=O) groups excluding carboxylic acids is 1. The van der Waals surface area contributed by atoms with Crippen LogP contribution < -0.4 is 0 Å². The predicted molar refractivity (Wildman–Crippen MR) is 71.1 cm³/mol. The van der Waals surface area contributed by atoms with Crippen molar-refractivity contribution < 1.29 is 18.8 Å². The molecule has 0 amide bonds. The zero-order chi connectivity index (χ0) is 14.0. The number of hydrogen-bond donors (Lipinski definition) is 0. The van der Waals surface area contributed by atoms with Gasteiger partial charge in [0.25, 0.3) is 0 Å². The Labute approximate surface area is 110 Å². The number of rotatable bonds is 5. The molecule has 0 aromatic rings. The van der Waals surface area contributed by atoms with E-state index in [2.05, 4.69) is 6.58 Å². The molecule has 1 heterocycles.